The summed E-state index contributed by atoms with van der Waals surface area (Å²) in [6, 6.07) is -0.201. The van der Waals surface area contributed by atoms with Gasteiger partial charge in [-0.05, 0) is 20.8 Å². The Morgan fingerprint density at radius 1 is 1.47 bits per heavy atom. The predicted octanol–water partition coefficient (Wildman–Crippen LogP) is 0.977. The largest absolute Gasteiger partial charge is 0.444 e. The number of carbonyl (C=O) groups is 2. The normalized spacial score (nSPS) is 20.0. The van der Waals surface area contributed by atoms with E-state index in [9.17, 15) is 9.59 Å². The van der Waals surface area contributed by atoms with Gasteiger partial charge >= 0.3 is 6.09 Å². The lowest BCUT2D eigenvalue weighted by atomic mass is 10.2. The Hall–Kier alpha value is -1.01. The maximum atomic E-state index is 11.6. The van der Waals surface area contributed by atoms with Gasteiger partial charge in [0.25, 0.3) is 0 Å². The number of hydrogen-bond donors (Lipinski definition) is 1. The smallest absolute Gasteiger partial charge is 0.407 e. The molecule has 1 heterocycles. The number of amides is 2. The molecular weight excluding hydrogens is 272 g/mol. The summed E-state index contributed by atoms with van der Waals surface area (Å²) in [7, 11) is 0. The van der Waals surface area contributed by atoms with E-state index >= 15 is 0 Å². The molecule has 0 bridgehead atoms. The standard InChI is InChI=1S/C12H21ClN2O4/c1-12(2,3)19-11(17)14-7-9-8-18-5-4-15(9)10(16)6-13/h9H,4-8H2,1-3H3,(H,14,17). The Kier molecular flexibility index (Phi) is 5.87. The SMILES string of the molecule is CC(C)(C)OC(=O)NCC1COCCN1C(=O)CCl. The van der Waals surface area contributed by atoms with E-state index in [4.69, 9.17) is 21.1 Å². The first-order valence-corrected chi connectivity index (χ1v) is 6.77. The molecule has 1 aliphatic rings. The van der Waals surface area contributed by atoms with Crippen molar-refractivity contribution >= 4 is 23.6 Å². The third kappa shape index (κ3) is 5.65. The second kappa shape index (κ2) is 6.96. The number of rotatable bonds is 3. The monoisotopic (exact) mass is 292 g/mol. The average molecular weight is 293 g/mol. The van der Waals surface area contributed by atoms with E-state index in [0.717, 1.165) is 0 Å². The van der Waals surface area contributed by atoms with Gasteiger partial charge in [-0.3, -0.25) is 4.79 Å². The molecule has 1 fully saturated rings. The minimum atomic E-state index is -0.543. The molecule has 2 amide bonds. The van der Waals surface area contributed by atoms with Crippen LogP contribution in [0.1, 0.15) is 20.8 Å². The number of carbonyl (C=O) groups excluding carboxylic acids is 2. The van der Waals surface area contributed by atoms with Crippen LogP contribution in [0.4, 0.5) is 4.79 Å². The number of nitrogens with zero attached hydrogens (tertiary/aromatic N) is 1. The molecule has 0 radical (unpaired) electrons. The molecule has 7 heteroatoms. The molecule has 0 spiro atoms. The molecule has 1 N–H and O–H groups in total. The fraction of sp³-hybridized carbons (Fsp3) is 0.833. The fourth-order valence-corrected chi connectivity index (χ4v) is 1.90. The highest BCUT2D eigenvalue weighted by Gasteiger charge is 2.27. The van der Waals surface area contributed by atoms with E-state index in [-0.39, 0.29) is 24.4 Å². The van der Waals surface area contributed by atoms with E-state index in [1.165, 1.54) is 0 Å². The number of alkyl carbamates (subject to hydrolysis) is 1. The summed E-state index contributed by atoms with van der Waals surface area (Å²) in [6.45, 7) is 7.03. The second-order valence-electron chi connectivity index (χ2n) is 5.33. The zero-order valence-corrected chi connectivity index (χ0v) is 12.3. The minimum Gasteiger partial charge on any atom is -0.444 e. The molecule has 1 saturated heterocycles. The summed E-state index contributed by atoms with van der Waals surface area (Å²) in [6.07, 6.45) is -0.503. The highest BCUT2D eigenvalue weighted by Crippen LogP contribution is 2.09. The van der Waals surface area contributed by atoms with E-state index in [1.807, 2.05) is 0 Å². The van der Waals surface area contributed by atoms with Gasteiger partial charge in [0.05, 0.1) is 19.3 Å². The zero-order chi connectivity index (χ0) is 14.5. The lowest BCUT2D eigenvalue weighted by Gasteiger charge is -2.35. The minimum absolute atomic E-state index is 0.0665. The Labute approximate surface area is 118 Å². The Morgan fingerprint density at radius 2 is 2.16 bits per heavy atom. The molecule has 0 aromatic heterocycles. The molecule has 110 valence electrons. The first-order chi connectivity index (χ1) is 8.83. The van der Waals surface area contributed by atoms with Crippen LogP contribution >= 0.6 is 11.6 Å². The van der Waals surface area contributed by atoms with Gasteiger partial charge in [-0.15, -0.1) is 11.6 Å². The van der Waals surface area contributed by atoms with Crippen LogP contribution in [0, 0.1) is 0 Å². The number of halogens is 1. The van der Waals surface area contributed by atoms with Gasteiger partial charge in [0, 0.05) is 13.1 Å². The number of ether oxygens (including phenoxy) is 2. The van der Waals surface area contributed by atoms with E-state index < -0.39 is 11.7 Å². The topological polar surface area (TPSA) is 67.9 Å². The van der Waals surface area contributed by atoms with Crippen LogP contribution in [-0.2, 0) is 14.3 Å². The summed E-state index contributed by atoms with van der Waals surface area (Å²) in [5.41, 5.74) is -0.543. The predicted molar refractivity (Wildman–Crippen MR) is 71.3 cm³/mol. The first-order valence-electron chi connectivity index (χ1n) is 6.23. The molecule has 6 nitrogen and oxygen atoms in total. The summed E-state index contributed by atoms with van der Waals surface area (Å²) in [4.78, 5) is 24.8. The van der Waals surface area contributed by atoms with Gasteiger partial charge in [-0.1, -0.05) is 0 Å². The molecule has 0 aliphatic carbocycles. The molecule has 1 unspecified atom stereocenters. The Bertz CT molecular complexity index is 330. The van der Waals surface area contributed by atoms with Gasteiger partial charge < -0.3 is 19.7 Å². The maximum Gasteiger partial charge on any atom is 0.407 e. The number of morpholine rings is 1. The van der Waals surface area contributed by atoms with Gasteiger partial charge in [0.1, 0.15) is 11.5 Å². The van der Waals surface area contributed by atoms with Crippen LogP contribution in [0.2, 0.25) is 0 Å². The van der Waals surface area contributed by atoms with Crippen molar-refractivity contribution in [2.45, 2.75) is 32.4 Å². The van der Waals surface area contributed by atoms with Gasteiger partial charge in [-0.2, -0.15) is 0 Å². The summed E-state index contributed by atoms with van der Waals surface area (Å²) < 4.78 is 10.4. The van der Waals surface area contributed by atoms with Crippen molar-refractivity contribution in [3.05, 3.63) is 0 Å². The van der Waals surface area contributed by atoms with Crippen molar-refractivity contribution in [2.24, 2.45) is 0 Å². The number of alkyl halides is 1. The van der Waals surface area contributed by atoms with Crippen LogP contribution in [0.3, 0.4) is 0 Å². The van der Waals surface area contributed by atoms with E-state index in [2.05, 4.69) is 5.32 Å². The van der Waals surface area contributed by atoms with Crippen molar-refractivity contribution in [3.63, 3.8) is 0 Å². The highest BCUT2D eigenvalue weighted by atomic mass is 35.5. The molecule has 1 atom stereocenters. The highest BCUT2D eigenvalue weighted by molar-refractivity contribution is 6.27. The average Bonchev–Trinajstić information content (AvgIpc) is 2.33. The third-order valence-corrected chi connectivity index (χ3v) is 2.77. The van der Waals surface area contributed by atoms with Crippen LogP contribution in [0.5, 0.6) is 0 Å². The van der Waals surface area contributed by atoms with E-state index in [1.54, 1.807) is 25.7 Å². The molecule has 0 aromatic rings. The van der Waals surface area contributed by atoms with Crippen LogP contribution in [0.15, 0.2) is 0 Å². The lowest BCUT2D eigenvalue weighted by molar-refractivity contribution is -0.136. The molecule has 19 heavy (non-hydrogen) atoms. The van der Waals surface area contributed by atoms with Crippen molar-refractivity contribution in [3.8, 4) is 0 Å². The summed E-state index contributed by atoms with van der Waals surface area (Å²) >= 11 is 5.56. The van der Waals surface area contributed by atoms with Crippen LogP contribution in [0.25, 0.3) is 0 Å². The molecule has 0 aromatic carbocycles. The molecule has 1 rings (SSSR count). The van der Waals surface area contributed by atoms with Crippen molar-refractivity contribution < 1.29 is 19.1 Å². The number of hydrogen-bond acceptors (Lipinski definition) is 4. The lowest BCUT2D eigenvalue weighted by Crippen LogP contribution is -2.54. The van der Waals surface area contributed by atoms with Crippen molar-refractivity contribution in [2.75, 3.05) is 32.2 Å². The van der Waals surface area contributed by atoms with Crippen LogP contribution in [-0.4, -0.2) is 60.7 Å². The molecule has 1 aliphatic heterocycles. The van der Waals surface area contributed by atoms with Crippen molar-refractivity contribution in [1.29, 1.82) is 0 Å². The van der Waals surface area contributed by atoms with E-state index in [0.29, 0.717) is 19.8 Å². The number of nitrogens with one attached hydrogen (secondary N) is 1. The van der Waals surface area contributed by atoms with Crippen molar-refractivity contribution in [1.82, 2.24) is 10.2 Å². The van der Waals surface area contributed by atoms with Gasteiger partial charge in [-0.25, -0.2) is 4.79 Å². The molecular formula is C12H21ClN2O4. The second-order valence-corrected chi connectivity index (χ2v) is 5.60. The fourth-order valence-electron chi connectivity index (χ4n) is 1.74. The maximum absolute atomic E-state index is 11.6. The third-order valence-electron chi connectivity index (χ3n) is 2.54. The summed E-state index contributed by atoms with van der Waals surface area (Å²) in [5, 5.41) is 2.64. The Balaban J connectivity index is 2.45. The molecule has 0 saturated carbocycles. The van der Waals surface area contributed by atoms with Crippen LogP contribution < -0.4 is 5.32 Å². The Morgan fingerprint density at radius 3 is 2.74 bits per heavy atom. The zero-order valence-electron chi connectivity index (χ0n) is 11.6. The summed E-state index contributed by atoms with van der Waals surface area (Å²) in [5.74, 6) is -0.218. The van der Waals surface area contributed by atoms with Gasteiger partial charge in [0.2, 0.25) is 5.91 Å². The first kappa shape index (κ1) is 16.0. The quantitative estimate of drug-likeness (QED) is 0.787. The van der Waals surface area contributed by atoms with Gasteiger partial charge in [0.15, 0.2) is 0 Å².